The normalized spacial score (nSPS) is 9.71. The van der Waals surface area contributed by atoms with Crippen molar-refractivity contribution in [2.75, 3.05) is 18.1 Å². The van der Waals surface area contributed by atoms with Gasteiger partial charge in [0.05, 0.1) is 0 Å². The zero-order valence-electron chi connectivity index (χ0n) is 9.42. The van der Waals surface area contributed by atoms with Crippen LogP contribution in [0, 0.1) is 0 Å². The van der Waals surface area contributed by atoms with E-state index in [0.29, 0.717) is 12.2 Å². The molecule has 92 valence electrons. The van der Waals surface area contributed by atoms with Crippen LogP contribution in [0.15, 0.2) is 30.3 Å². The minimum atomic E-state index is -1.15. The second-order valence-electron chi connectivity index (χ2n) is 3.17. The fraction of sp³-hybridized carbons (Fsp3) is 0.273. The van der Waals surface area contributed by atoms with Crippen molar-refractivity contribution >= 4 is 17.7 Å². The molecule has 6 nitrogen and oxygen atoms in total. The lowest BCUT2D eigenvalue weighted by molar-refractivity contribution is -0.143. The average molecular weight is 238 g/mol. The first-order valence-electron chi connectivity index (χ1n) is 5.11. The Hall–Kier alpha value is -2.08. The van der Waals surface area contributed by atoms with Crippen LogP contribution in [0.4, 0.5) is 10.5 Å². The number of amides is 2. The number of benzene rings is 1. The third kappa shape index (κ3) is 4.12. The molecule has 0 aliphatic rings. The minimum Gasteiger partial charge on any atom is -0.479 e. The monoisotopic (exact) mass is 238 g/mol. The highest BCUT2D eigenvalue weighted by molar-refractivity contribution is 5.91. The van der Waals surface area contributed by atoms with E-state index in [0.717, 1.165) is 0 Å². The number of carboxylic acid groups (broad SMARTS) is 1. The molecule has 0 heterocycles. The van der Waals surface area contributed by atoms with Crippen LogP contribution in [0.2, 0.25) is 0 Å². The predicted molar refractivity (Wildman–Crippen MR) is 61.6 cm³/mol. The number of carboxylic acids is 1. The quantitative estimate of drug-likeness (QED) is 0.756. The maximum Gasteiger partial charge on any atom is 0.345 e. The van der Waals surface area contributed by atoms with E-state index in [4.69, 9.17) is 5.11 Å². The second kappa shape index (κ2) is 6.49. The molecule has 0 spiro atoms. The molecule has 0 saturated carbocycles. The van der Waals surface area contributed by atoms with Crippen LogP contribution in [0.5, 0.6) is 0 Å². The Morgan fingerprint density at radius 1 is 1.35 bits per heavy atom. The molecule has 0 atom stereocenters. The first-order valence-corrected chi connectivity index (χ1v) is 5.11. The van der Waals surface area contributed by atoms with E-state index in [2.05, 4.69) is 10.3 Å². The molecule has 1 aromatic carbocycles. The highest BCUT2D eigenvalue weighted by atomic mass is 16.7. The summed E-state index contributed by atoms with van der Waals surface area (Å²) in [6.07, 6.45) is 0. The van der Waals surface area contributed by atoms with Gasteiger partial charge in [-0.3, -0.25) is 9.74 Å². The second-order valence-corrected chi connectivity index (χ2v) is 3.17. The number of aliphatic carboxylic acids is 1. The van der Waals surface area contributed by atoms with Gasteiger partial charge in [0.25, 0.3) is 0 Å². The van der Waals surface area contributed by atoms with Gasteiger partial charge in [0.1, 0.15) is 0 Å². The van der Waals surface area contributed by atoms with E-state index < -0.39 is 18.6 Å². The first-order chi connectivity index (χ1) is 8.15. The molecule has 1 rings (SSSR count). The summed E-state index contributed by atoms with van der Waals surface area (Å²) >= 11 is 0. The van der Waals surface area contributed by atoms with Crippen LogP contribution in [-0.2, 0) is 9.63 Å². The van der Waals surface area contributed by atoms with Crippen molar-refractivity contribution in [3.8, 4) is 0 Å². The van der Waals surface area contributed by atoms with E-state index in [1.165, 1.54) is 4.90 Å². The van der Waals surface area contributed by atoms with Gasteiger partial charge < -0.3 is 5.11 Å². The maximum atomic E-state index is 11.7. The van der Waals surface area contributed by atoms with Crippen molar-refractivity contribution < 1.29 is 19.5 Å². The predicted octanol–water partition coefficient (Wildman–Crippen LogP) is 1.24. The summed E-state index contributed by atoms with van der Waals surface area (Å²) < 4.78 is 0. The molecule has 0 bridgehead atoms. The SMILES string of the molecule is CCN(C(=O)NOCC(=O)O)c1ccccc1. The molecule has 6 heteroatoms. The first kappa shape index (κ1) is 13.0. The standard InChI is InChI=1S/C11H14N2O4/c1-2-13(9-6-4-3-5-7-9)11(16)12-17-8-10(14)15/h3-7H,2,8H2,1H3,(H,12,16)(H,14,15). The molecule has 0 unspecified atom stereocenters. The smallest absolute Gasteiger partial charge is 0.345 e. The van der Waals surface area contributed by atoms with Crippen molar-refractivity contribution in [2.24, 2.45) is 0 Å². The maximum absolute atomic E-state index is 11.7. The average Bonchev–Trinajstić information content (AvgIpc) is 2.31. The Balaban J connectivity index is 2.56. The summed E-state index contributed by atoms with van der Waals surface area (Å²) in [5, 5.41) is 8.35. The lowest BCUT2D eigenvalue weighted by atomic mass is 10.3. The van der Waals surface area contributed by atoms with Gasteiger partial charge in [-0.25, -0.2) is 15.1 Å². The van der Waals surface area contributed by atoms with Crippen molar-refractivity contribution in [1.82, 2.24) is 5.48 Å². The van der Waals surface area contributed by atoms with E-state index in [9.17, 15) is 9.59 Å². The van der Waals surface area contributed by atoms with Crippen LogP contribution in [0.1, 0.15) is 6.92 Å². The molecule has 0 aliphatic heterocycles. The zero-order chi connectivity index (χ0) is 12.7. The van der Waals surface area contributed by atoms with Gasteiger partial charge in [-0.15, -0.1) is 0 Å². The van der Waals surface area contributed by atoms with Gasteiger partial charge >= 0.3 is 12.0 Å². The van der Waals surface area contributed by atoms with E-state index in [1.54, 1.807) is 12.1 Å². The number of nitrogens with zero attached hydrogens (tertiary/aromatic N) is 1. The van der Waals surface area contributed by atoms with E-state index >= 15 is 0 Å². The lowest BCUT2D eigenvalue weighted by Gasteiger charge is -2.20. The van der Waals surface area contributed by atoms with Crippen LogP contribution < -0.4 is 10.4 Å². The molecule has 0 saturated heterocycles. The fourth-order valence-electron chi connectivity index (χ4n) is 1.27. The topological polar surface area (TPSA) is 78.9 Å². The van der Waals surface area contributed by atoms with Gasteiger partial charge in [0, 0.05) is 12.2 Å². The molecule has 1 aromatic rings. The molecule has 0 aromatic heterocycles. The summed E-state index contributed by atoms with van der Waals surface area (Å²) in [7, 11) is 0. The van der Waals surface area contributed by atoms with Crippen LogP contribution in [-0.4, -0.2) is 30.3 Å². The van der Waals surface area contributed by atoms with E-state index in [-0.39, 0.29) is 0 Å². The number of rotatable bonds is 5. The van der Waals surface area contributed by atoms with Gasteiger partial charge in [-0.05, 0) is 19.1 Å². The Bertz CT molecular complexity index is 380. The Morgan fingerprint density at radius 2 is 2.00 bits per heavy atom. The number of hydrogen-bond donors (Lipinski definition) is 2. The highest BCUT2D eigenvalue weighted by Crippen LogP contribution is 2.12. The lowest BCUT2D eigenvalue weighted by Crippen LogP contribution is -2.40. The largest absolute Gasteiger partial charge is 0.479 e. The van der Waals surface area contributed by atoms with Gasteiger partial charge in [0.2, 0.25) is 0 Å². The number of nitrogens with one attached hydrogen (secondary N) is 1. The van der Waals surface area contributed by atoms with Crippen molar-refractivity contribution in [1.29, 1.82) is 0 Å². The Morgan fingerprint density at radius 3 is 2.53 bits per heavy atom. The van der Waals surface area contributed by atoms with Crippen molar-refractivity contribution in [2.45, 2.75) is 6.92 Å². The summed E-state index contributed by atoms with van der Waals surface area (Å²) in [4.78, 5) is 27.8. The molecule has 0 radical (unpaired) electrons. The third-order valence-corrected chi connectivity index (χ3v) is 1.98. The van der Waals surface area contributed by atoms with E-state index in [1.807, 2.05) is 25.1 Å². The number of carbonyl (C=O) groups is 2. The molecule has 0 fully saturated rings. The van der Waals surface area contributed by atoms with Gasteiger partial charge in [-0.2, -0.15) is 0 Å². The molecular weight excluding hydrogens is 224 g/mol. The summed E-state index contributed by atoms with van der Waals surface area (Å²) in [6.45, 7) is 1.69. The Labute approximate surface area is 98.8 Å². The summed E-state index contributed by atoms with van der Waals surface area (Å²) in [6, 6.07) is 8.52. The highest BCUT2D eigenvalue weighted by Gasteiger charge is 2.13. The minimum absolute atomic E-state index is 0.451. The molecule has 2 N–H and O–H groups in total. The van der Waals surface area contributed by atoms with Crippen LogP contribution in [0.3, 0.4) is 0 Å². The summed E-state index contributed by atoms with van der Waals surface area (Å²) in [5.74, 6) is -1.15. The Kier molecular flexibility index (Phi) is 4.96. The van der Waals surface area contributed by atoms with Crippen LogP contribution in [0.25, 0.3) is 0 Å². The fourth-order valence-corrected chi connectivity index (χ4v) is 1.27. The number of hydroxylamine groups is 1. The number of anilines is 1. The van der Waals surface area contributed by atoms with Gasteiger partial charge in [-0.1, -0.05) is 18.2 Å². The van der Waals surface area contributed by atoms with Crippen LogP contribution >= 0.6 is 0 Å². The number of urea groups is 1. The third-order valence-electron chi connectivity index (χ3n) is 1.98. The van der Waals surface area contributed by atoms with Gasteiger partial charge in [0.15, 0.2) is 6.61 Å². The number of para-hydroxylation sites is 1. The molecule has 0 aliphatic carbocycles. The molecule has 17 heavy (non-hydrogen) atoms. The molecule has 2 amide bonds. The summed E-state index contributed by atoms with van der Waals surface area (Å²) in [5.41, 5.74) is 2.78. The molecular formula is C11H14N2O4. The van der Waals surface area contributed by atoms with Crippen molar-refractivity contribution in [3.63, 3.8) is 0 Å². The van der Waals surface area contributed by atoms with Crippen molar-refractivity contribution in [3.05, 3.63) is 30.3 Å². The number of hydrogen-bond acceptors (Lipinski definition) is 3. The zero-order valence-corrected chi connectivity index (χ0v) is 9.42. The number of carbonyl (C=O) groups excluding carboxylic acids is 1.